The highest BCUT2D eigenvalue weighted by atomic mass is 15.2. The molecule has 0 bridgehead atoms. The van der Waals surface area contributed by atoms with Gasteiger partial charge in [0.25, 0.3) is 0 Å². The van der Waals surface area contributed by atoms with Gasteiger partial charge in [0.1, 0.15) is 0 Å². The molecule has 0 spiro atoms. The van der Waals surface area contributed by atoms with Gasteiger partial charge in [-0.1, -0.05) is 36.4 Å². The second kappa shape index (κ2) is 7.14. The molecule has 3 N–H and O–H groups in total. The molecule has 0 amide bonds. The summed E-state index contributed by atoms with van der Waals surface area (Å²) in [7, 11) is 1.65. The van der Waals surface area contributed by atoms with E-state index in [0.29, 0.717) is 0 Å². The minimum Gasteiger partial charge on any atom is -0.272 e. The average Bonchev–Trinajstić information content (AvgIpc) is 1.93. The molecule has 0 atom stereocenters. The van der Waals surface area contributed by atoms with Crippen LogP contribution in [0.1, 0.15) is 0 Å². The van der Waals surface area contributed by atoms with Gasteiger partial charge in [0.2, 0.25) is 0 Å². The predicted molar refractivity (Wildman–Crippen MR) is 39.7 cm³/mol. The summed E-state index contributed by atoms with van der Waals surface area (Å²) >= 11 is 0. The number of hydrogen-bond acceptors (Lipinski definition) is 2. The maximum absolute atomic E-state index is 4.60. The first-order chi connectivity index (χ1) is 4.41. The Kier molecular flexibility index (Phi) is 6.46. The summed E-state index contributed by atoms with van der Waals surface area (Å²) in [4.78, 5) is 0. The maximum atomic E-state index is 4.60. The number of nitrogens with one attached hydrogen (secondary N) is 1. The Morgan fingerprint density at radius 2 is 1.00 bits per heavy atom. The number of hydrazine groups is 1. The third kappa shape index (κ3) is 7.14. The number of hydrogen-bond donors (Lipinski definition) is 2. The molecule has 0 saturated carbocycles. The molecule has 0 saturated heterocycles. The van der Waals surface area contributed by atoms with Crippen molar-refractivity contribution in [3.8, 4) is 0 Å². The third-order valence-electron chi connectivity index (χ3n) is 0.667. The first-order valence-electron chi connectivity index (χ1n) is 2.79. The van der Waals surface area contributed by atoms with Crippen LogP contribution in [0.3, 0.4) is 0 Å². The molecule has 0 aliphatic carbocycles. The van der Waals surface area contributed by atoms with Gasteiger partial charge in [0.05, 0.1) is 0 Å². The minimum absolute atomic E-state index is 1.65. The van der Waals surface area contributed by atoms with Crippen molar-refractivity contribution < 1.29 is 0 Å². The molecule has 0 aliphatic rings. The van der Waals surface area contributed by atoms with Crippen molar-refractivity contribution in [1.82, 2.24) is 5.43 Å². The first kappa shape index (κ1) is 8.14. The molecule has 1 rings (SSSR count). The molecule has 0 heterocycles. The van der Waals surface area contributed by atoms with Crippen molar-refractivity contribution in [3.05, 3.63) is 36.4 Å². The van der Waals surface area contributed by atoms with E-state index in [-0.39, 0.29) is 0 Å². The highest BCUT2D eigenvalue weighted by Gasteiger charge is 1.57. The second-order valence-corrected chi connectivity index (χ2v) is 1.44. The lowest BCUT2D eigenvalue weighted by atomic mass is 10.4. The second-order valence-electron chi connectivity index (χ2n) is 1.44. The van der Waals surface area contributed by atoms with Crippen LogP contribution in [0.5, 0.6) is 0 Å². The zero-order valence-corrected chi connectivity index (χ0v) is 5.54. The summed E-state index contributed by atoms with van der Waals surface area (Å²) in [6, 6.07) is 12.0. The average molecular weight is 124 g/mol. The zero-order chi connectivity index (χ0) is 6.95. The van der Waals surface area contributed by atoms with Crippen LogP contribution in [0.2, 0.25) is 0 Å². The van der Waals surface area contributed by atoms with Crippen molar-refractivity contribution in [1.29, 1.82) is 0 Å². The smallest absolute Gasteiger partial charge is 0.00172 e. The summed E-state index contributed by atoms with van der Waals surface area (Å²) in [6.45, 7) is 0. The van der Waals surface area contributed by atoms with Gasteiger partial charge in [-0.25, -0.2) is 0 Å². The number of nitrogens with two attached hydrogens (primary N) is 1. The molecule has 50 valence electrons. The molecular weight excluding hydrogens is 112 g/mol. The molecule has 0 aromatic heterocycles. The summed E-state index contributed by atoms with van der Waals surface area (Å²) in [5.74, 6) is 4.60. The summed E-state index contributed by atoms with van der Waals surface area (Å²) in [5, 5.41) is 0. The van der Waals surface area contributed by atoms with Crippen LogP contribution in [0.4, 0.5) is 0 Å². The Hall–Kier alpha value is -0.860. The largest absolute Gasteiger partial charge is 0.272 e. The molecule has 9 heavy (non-hydrogen) atoms. The quantitative estimate of drug-likeness (QED) is 0.396. The molecule has 0 fully saturated rings. The van der Waals surface area contributed by atoms with Crippen LogP contribution in [-0.4, -0.2) is 7.05 Å². The van der Waals surface area contributed by atoms with E-state index in [1.807, 2.05) is 36.4 Å². The fourth-order valence-electron chi connectivity index (χ4n) is 0.385. The normalized spacial score (nSPS) is 7.33. The Morgan fingerprint density at radius 1 is 0.889 bits per heavy atom. The number of benzene rings is 1. The molecule has 1 aromatic carbocycles. The fourth-order valence-corrected chi connectivity index (χ4v) is 0.385. The Labute approximate surface area is 55.7 Å². The van der Waals surface area contributed by atoms with Crippen LogP contribution >= 0.6 is 0 Å². The van der Waals surface area contributed by atoms with Crippen LogP contribution in [0.15, 0.2) is 36.4 Å². The lowest BCUT2D eigenvalue weighted by Crippen LogP contribution is -2.13. The van der Waals surface area contributed by atoms with Gasteiger partial charge in [-0.15, -0.1) is 0 Å². The summed E-state index contributed by atoms with van der Waals surface area (Å²) in [5.41, 5.74) is 2.25. The fraction of sp³-hybridized carbons (Fsp3) is 0.143. The lowest BCUT2D eigenvalue weighted by Gasteiger charge is -1.69. The highest BCUT2D eigenvalue weighted by Crippen LogP contribution is 1.79. The van der Waals surface area contributed by atoms with Gasteiger partial charge in [0.15, 0.2) is 0 Å². The van der Waals surface area contributed by atoms with E-state index in [0.717, 1.165) is 0 Å². The molecule has 0 radical (unpaired) electrons. The van der Waals surface area contributed by atoms with Crippen LogP contribution in [0.25, 0.3) is 0 Å². The molecule has 0 unspecified atom stereocenters. The molecule has 2 nitrogen and oxygen atoms in total. The van der Waals surface area contributed by atoms with E-state index in [9.17, 15) is 0 Å². The van der Waals surface area contributed by atoms with Gasteiger partial charge in [-0.3, -0.25) is 11.3 Å². The Balaban J connectivity index is 0.000000187. The standard InChI is InChI=1S/C6H6.CH6N2/c1-2-4-6-5-3-1;1-3-2/h1-6H;3H,2H2,1H3. The van der Waals surface area contributed by atoms with E-state index >= 15 is 0 Å². The lowest BCUT2D eigenvalue weighted by molar-refractivity contribution is 0.900. The van der Waals surface area contributed by atoms with E-state index in [1.165, 1.54) is 0 Å². The summed E-state index contributed by atoms with van der Waals surface area (Å²) < 4.78 is 0. The molecule has 0 aliphatic heterocycles. The van der Waals surface area contributed by atoms with E-state index in [2.05, 4.69) is 11.3 Å². The number of rotatable bonds is 0. The Morgan fingerprint density at radius 3 is 1.11 bits per heavy atom. The van der Waals surface area contributed by atoms with Crippen molar-refractivity contribution in [2.45, 2.75) is 0 Å². The van der Waals surface area contributed by atoms with E-state index in [1.54, 1.807) is 7.05 Å². The van der Waals surface area contributed by atoms with Gasteiger partial charge in [-0.05, 0) is 7.05 Å². The molecule has 2 heteroatoms. The Bertz CT molecular complexity index is 89.8. The van der Waals surface area contributed by atoms with Crippen molar-refractivity contribution >= 4 is 0 Å². The van der Waals surface area contributed by atoms with Gasteiger partial charge in [-0.2, -0.15) is 0 Å². The van der Waals surface area contributed by atoms with Gasteiger partial charge in [0, 0.05) is 0 Å². The van der Waals surface area contributed by atoms with Crippen molar-refractivity contribution in [2.75, 3.05) is 7.05 Å². The predicted octanol–water partition coefficient (Wildman–Crippen LogP) is 0.766. The first-order valence-corrected chi connectivity index (χ1v) is 2.79. The van der Waals surface area contributed by atoms with Gasteiger partial charge < -0.3 is 0 Å². The molecular formula is C7H12N2. The summed E-state index contributed by atoms with van der Waals surface area (Å²) in [6.07, 6.45) is 0. The zero-order valence-electron chi connectivity index (χ0n) is 5.54. The minimum atomic E-state index is 1.65. The van der Waals surface area contributed by atoms with Crippen LogP contribution in [0, 0.1) is 0 Å². The SMILES string of the molecule is CNN.c1ccccc1. The molecule has 1 aromatic rings. The van der Waals surface area contributed by atoms with Crippen molar-refractivity contribution in [2.24, 2.45) is 5.84 Å². The van der Waals surface area contributed by atoms with Gasteiger partial charge >= 0.3 is 0 Å². The van der Waals surface area contributed by atoms with Crippen LogP contribution < -0.4 is 11.3 Å². The maximum Gasteiger partial charge on any atom is -0.00172 e. The topological polar surface area (TPSA) is 38.0 Å². The van der Waals surface area contributed by atoms with Crippen molar-refractivity contribution in [3.63, 3.8) is 0 Å². The highest BCUT2D eigenvalue weighted by molar-refractivity contribution is 4.99. The van der Waals surface area contributed by atoms with Crippen LogP contribution in [-0.2, 0) is 0 Å². The van der Waals surface area contributed by atoms with E-state index < -0.39 is 0 Å². The van der Waals surface area contributed by atoms with E-state index in [4.69, 9.17) is 0 Å². The third-order valence-corrected chi connectivity index (χ3v) is 0.667. The monoisotopic (exact) mass is 124 g/mol.